The maximum atomic E-state index is 12.1. The molecule has 2 fully saturated rings. The van der Waals surface area contributed by atoms with Crippen molar-refractivity contribution in [2.45, 2.75) is 40.0 Å². The predicted octanol–water partition coefficient (Wildman–Crippen LogP) is 4.15. The molecule has 2 aliphatic carbocycles. The van der Waals surface area contributed by atoms with Crippen molar-refractivity contribution in [3.8, 4) is 5.75 Å². The molecule has 146 valence electrons. The van der Waals surface area contributed by atoms with Gasteiger partial charge in [-0.2, -0.15) is 5.10 Å². The summed E-state index contributed by atoms with van der Waals surface area (Å²) in [7, 11) is 0. The van der Waals surface area contributed by atoms with Crippen LogP contribution < -0.4 is 10.2 Å². The van der Waals surface area contributed by atoms with Crippen LogP contribution in [0.25, 0.3) is 0 Å². The van der Waals surface area contributed by atoms with Crippen molar-refractivity contribution in [3.63, 3.8) is 0 Å². The zero-order valence-electron chi connectivity index (χ0n) is 15.4. The van der Waals surface area contributed by atoms with Gasteiger partial charge in [-0.1, -0.05) is 44.0 Å². The minimum absolute atomic E-state index is 0.262. The van der Waals surface area contributed by atoms with Gasteiger partial charge in [-0.05, 0) is 36.5 Å². The molecule has 2 aliphatic rings. The molecule has 2 unspecified atom stereocenters. The highest BCUT2D eigenvalue weighted by Gasteiger charge is 2.71. The molecule has 6 nitrogen and oxygen atoms in total. The van der Waals surface area contributed by atoms with Crippen LogP contribution in [0.1, 0.15) is 40.0 Å². The molecular weight excluding hydrogens is 391 g/mol. The van der Waals surface area contributed by atoms with E-state index in [1.54, 1.807) is 12.1 Å². The number of nitrogens with one attached hydrogen (secondary N) is 1. The fraction of sp³-hybridized carbons (Fsp3) is 0.526. The van der Waals surface area contributed by atoms with Crippen LogP contribution in [0.5, 0.6) is 5.75 Å². The van der Waals surface area contributed by atoms with E-state index in [-0.39, 0.29) is 12.0 Å². The predicted molar refractivity (Wildman–Crippen MR) is 103 cm³/mol. The number of carboxylic acids is 1. The van der Waals surface area contributed by atoms with Gasteiger partial charge < -0.3 is 9.84 Å². The number of halogens is 2. The maximum absolute atomic E-state index is 12.1. The summed E-state index contributed by atoms with van der Waals surface area (Å²) in [6.45, 7) is 5.72. The van der Waals surface area contributed by atoms with Crippen molar-refractivity contribution in [2.75, 3.05) is 6.61 Å². The lowest BCUT2D eigenvalue weighted by atomic mass is 9.65. The highest BCUT2D eigenvalue weighted by molar-refractivity contribution is 6.35. The standard InChI is InChI=1S/C19H22Cl2N2O4/c1-17(2)18(3)6-7-19(17,16(25)26)9-14(18)22-23-15(24)10-27-13-5-4-11(20)8-12(13)21/h4-5,8H,6-7,9-10H2,1-3H3,(H,23,24)(H,25,26). The Kier molecular flexibility index (Phi) is 4.93. The van der Waals surface area contributed by atoms with Crippen LogP contribution in [0.15, 0.2) is 23.3 Å². The number of hydrazone groups is 1. The van der Waals surface area contributed by atoms with E-state index in [0.29, 0.717) is 28.6 Å². The van der Waals surface area contributed by atoms with Gasteiger partial charge in [-0.15, -0.1) is 0 Å². The van der Waals surface area contributed by atoms with Crippen LogP contribution in [0.4, 0.5) is 0 Å². The molecular formula is C19H22Cl2N2O4. The molecule has 0 spiro atoms. The largest absolute Gasteiger partial charge is 0.482 e. The molecule has 0 radical (unpaired) electrons. The van der Waals surface area contributed by atoms with Gasteiger partial charge in [0.1, 0.15) is 5.75 Å². The first-order chi connectivity index (χ1) is 12.5. The van der Waals surface area contributed by atoms with Gasteiger partial charge in [0.05, 0.1) is 10.4 Å². The minimum atomic E-state index is -0.835. The Hall–Kier alpha value is -1.79. The lowest BCUT2D eigenvalue weighted by Crippen LogP contribution is -2.40. The Bertz CT molecular complexity index is 839. The second-order valence-electron chi connectivity index (χ2n) is 7.98. The quantitative estimate of drug-likeness (QED) is 0.710. The lowest BCUT2D eigenvalue weighted by molar-refractivity contribution is -0.154. The number of amides is 1. The van der Waals surface area contributed by atoms with Crippen LogP contribution in [-0.4, -0.2) is 29.3 Å². The van der Waals surface area contributed by atoms with E-state index in [9.17, 15) is 14.7 Å². The van der Waals surface area contributed by atoms with E-state index < -0.39 is 22.7 Å². The Morgan fingerprint density at radius 1 is 1.26 bits per heavy atom. The van der Waals surface area contributed by atoms with Crippen LogP contribution >= 0.6 is 23.2 Å². The molecule has 1 amide bonds. The first-order valence-corrected chi connectivity index (χ1v) is 9.46. The number of hydrogen-bond donors (Lipinski definition) is 2. The average molecular weight is 413 g/mol. The number of ether oxygens (including phenoxy) is 1. The van der Waals surface area contributed by atoms with E-state index in [0.717, 1.165) is 12.1 Å². The number of rotatable bonds is 5. The van der Waals surface area contributed by atoms with Gasteiger partial charge in [-0.25, -0.2) is 5.43 Å². The Labute approximate surface area is 167 Å². The van der Waals surface area contributed by atoms with Crippen LogP contribution in [-0.2, 0) is 9.59 Å². The van der Waals surface area contributed by atoms with Gasteiger partial charge in [0.25, 0.3) is 5.91 Å². The van der Waals surface area contributed by atoms with Gasteiger partial charge >= 0.3 is 5.97 Å². The topological polar surface area (TPSA) is 88.0 Å². The van der Waals surface area contributed by atoms with Gasteiger partial charge in [0, 0.05) is 22.6 Å². The molecule has 0 heterocycles. The van der Waals surface area contributed by atoms with Crippen molar-refractivity contribution in [3.05, 3.63) is 28.2 Å². The summed E-state index contributed by atoms with van der Waals surface area (Å²) >= 11 is 11.8. The third kappa shape index (κ3) is 2.99. The fourth-order valence-electron chi connectivity index (χ4n) is 4.42. The molecule has 0 aliphatic heterocycles. The molecule has 3 rings (SSSR count). The number of aliphatic carboxylic acids is 1. The SMILES string of the molecule is CC12CCC(C(=O)O)(CC1=NNC(=O)COc1ccc(Cl)cc1Cl)C2(C)C. The molecule has 2 bridgehead atoms. The van der Waals surface area contributed by atoms with Crippen LogP contribution in [0.3, 0.4) is 0 Å². The van der Waals surface area contributed by atoms with E-state index >= 15 is 0 Å². The Balaban J connectivity index is 1.68. The van der Waals surface area contributed by atoms with Crippen molar-refractivity contribution < 1.29 is 19.4 Å². The van der Waals surface area contributed by atoms with Crippen molar-refractivity contribution in [1.82, 2.24) is 5.43 Å². The molecule has 2 saturated carbocycles. The van der Waals surface area contributed by atoms with E-state index in [1.807, 2.05) is 20.8 Å². The number of carboxylic acid groups (broad SMARTS) is 1. The smallest absolute Gasteiger partial charge is 0.310 e. The number of fused-ring (bicyclic) bond motifs is 2. The fourth-order valence-corrected chi connectivity index (χ4v) is 4.89. The molecule has 1 aromatic carbocycles. The number of carbonyl (C=O) groups is 2. The molecule has 8 heteroatoms. The first-order valence-electron chi connectivity index (χ1n) is 8.71. The molecule has 0 aromatic heterocycles. The summed E-state index contributed by atoms with van der Waals surface area (Å²) in [6.07, 6.45) is 1.70. The van der Waals surface area contributed by atoms with Crippen molar-refractivity contribution in [1.29, 1.82) is 0 Å². The number of nitrogens with zero attached hydrogens (tertiary/aromatic N) is 1. The van der Waals surface area contributed by atoms with E-state index in [4.69, 9.17) is 27.9 Å². The van der Waals surface area contributed by atoms with Crippen LogP contribution in [0, 0.1) is 16.2 Å². The number of carbonyl (C=O) groups excluding carboxylic acids is 1. The summed E-state index contributed by atoms with van der Waals surface area (Å²) < 4.78 is 5.39. The van der Waals surface area contributed by atoms with Crippen LogP contribution in [0.2, 0.25) is 10.0 Å². The van der Waals surface area contributed by atoms with Crippen molar-refractivity contribution in [2.24, 2.45) is 21.3 Å². The number of hydrogen-bond acceptors (Lipinski definition) is 4. The van der Waals surface area contributed by atoms with E-state index in [1.165, 1.54) is 6.07 Å². The molecule has 27 heavy (non-hydrogen) atoms. The summed E-state index contributed by atoms with van der Waals surface area (Å²) in [6, 6.07) is 4.73. The minimum Gasteiger partial charge on any atom is -0.482 e. The van der Waals surface area contributed by atoms with Gasteiger partial charge in [0.15, 0.2) is 6.61 Å². The average Bonchev–Trinajstić information content (AvgIpc) is 2.89. The molecule has 1 aromatic rings. The second-order valence-corrected chi connectivity index (χ2v) is 8.82. The monoisotopic (exact) mass is 412 g/mol. The zero-order valence-corrected chi connectivity index (χ0v) is 16.9. The molecule has 2 atom stereocenters. The zero-order chi connectivity index (χ0) is 20.0. The van der Waals surface area contributed by atoms with Gasteiger partial charge in [0.2, 0.25) is 0 Å². The van der Waals surface area contributed by atoms with Crippen molar-refractivity contribution >= 4 is 40.8 Å². The number of benzene rings is 1. The Morgan fingerprint density at radius 2 is 1.96 bits per heavy atom. The normalized spacial score (nSPS) is 29.7. The van der Waals surface area contributed by atoms with E-state index in [2.05, 4.69) is 10.5 Å². The second kappa shape index (κ2) is 6.67. The lowest BCUT2D eigenvalue weighted by Gasteiger charge is -2.37. The Morgan fingerprint density at radius 3 is 2.56 bits per heavy atom. The molecule has 2 N–H and O–H groups in total. The van der Waals surface area contributed by atoms with Gasteiger partial charge in [-0.3, -0.25) is 9.59 Å². The first kappa shape index (κ1) is 20.0. The summed E-state index contributed by atoms with van der Waals surface area (Å²) in [5.74, 6) is -0.891. The third-order valence-corrected chi connectivity index (χ3v) is 7.24. The molecule has 0 saturated heterocycles. The summed E-state index contributed by atoms with van der Waals surface area (Å²) in [4.78, 5) is 24.1. The summed E-state index contributed by atoms with van der Waals surface area (Å²) in [5, 5.41) is 14.9. The highest BCUT2D eigenvalue weighted by atomic mass is 35.5. The summed E-state index contributed by atoms with van der Waals surface area (Å²) in [5.41, 5.74) is 1.57. The highest BCUT2D eigenvalue weighted by Crippen LogP contribution is 2.70. The third-order valence-electron chi connectivity index (χ3n) is 6.71. The maximum Gasteiger partial charge on any atom is 0.310 e.